The Morgan fingerprint density at radius 2 is 1.89 bits per heavy atom. The lowest BCUT2D eigenvalue weighted by Crippen LogP contribution is -2.57. The highest BCUT2D eigenvalue weighted by atomic mass is 32.1. The van der Waals surface area contributed by atoms with Crippen molar-refractivity contribution in [3.8, 4) is 0 Å². The van der Waals surface area contributed by atoms with Crippen molar-refractivity contribution in [1.82, 2.24) is 20.7 Å². The average molecular weight is 635 g/mol. The van der Waals surface area contributed by atoms with Gasteiger partial charge in [0.25, 0.3) is 11.8 Å². The van der Waals surface area contributed by atoms with E-state index in [2.05, 4.69) is 20.8 Å². The van der Waals surface area contributed by atoms with Gasteiger partial charge in [0.15, 0.2) is 10.8 Å². The van der Waals surface area contributed by atoms with Crippen LogP contribution in [0.1, 0.15) is 31.5 Å². The van der Waals surface area contributed by atoms with Gasteiger partial charge in [-0.15, -0.1) is 11.3 Å². The van der Waals surface area contributed by atoms with E-state index in [1.165, 1.54) is 19.2 Å². The van der Waals surface area contributed by atoms with Gasteiger partial charge < -0.3 is 40.9 Å². The third-order valence-corrected chi connectivity index (χ3v) is 6.91. The van der Waals surface area contributed by atoms with Crippen molar-refractivity contribution < 1.29 is 58.1 Å². The zero-order valence-electron chi connectivity index (χ0n) is 23.0. The number of ether oxygens (including phenoxy) is 2. The maximum atomic E-state index is 13.2. The molecule has 2 aliphatic rings. The number of hydrogen-bond donors (Lipinski definition) is 5. The third-order valence-electron chi connectivity index (χ3n) is 6.24. The molecule has 4 rings (SSSR count). The van der Waals surface area contributed by atoms with E-state index in [1.54, 1.807) is 30.3 Å². The van der Waals surface area contributed by atoms with Crippen molar-refractivity contribution in [3.05, 3.63) is 47.0 Å². The first-order valence-corrected chi connectivity index (χ1v) is 13.5. The minimum Gasteiger partial charge on any atom is -0.478 e. The molecule has 0 bridgehead atoms. The zero-order valence-corrected chi connectivity index (χ0v) is 23.9. The van der Waals surface area contributed by atoms with Crippen LogP contribution >= 0.6 is 11.3 Å². The molecule has 1 unspecified atom stereocenters. The van der Waals surface area contributed by atoms with Gasteiger partial charge in [-0.05, 0) is 19.4 Å². The molecule has 6 N–H and O–H groups in total. The SMILES string of the molecule is CC(C)(O/N=C(\C(=O)N[C@H]1CON(C2(C(=O)O)C[C@@H](NC(=O)OCc3ccccc3)C(=O)O2)C1=O)c1csc(N)n1)C(=O)O. The second-order valence-electron chi connectivity index (χ2n) is 9.85. The summed E-state index contributed by atoms with van der Waals surface area (Å²) in [6, 6.07) is 5.57. The van der Waals surface area contributed by atoms with Gasteiger partial charge in [-0.25, -0.2) is 24.2 Å². The minimum atomic E-state index is -2.69. The molecule has 2 fully saturated rings. The molecule has 0 radical (unpaired) electrons. The number of hydroxylamine groups is 2. The molecule has 234 valence electrons. The first-order valence-electron chi connectivity index (χ1n) is 12.7. The van der Waals surface area contributed by atoms with Gasteiger partial charge in [0.2, 0.25) is 5.60 Å². The number of esters is 1. The zero-order chi connectivity index (χ0) is 32.2. The molecule has 1 aromatic heterocycles. The van der Waals surface area contributed by atoms with Gasteiger partial charge in [0.1, 0.15) is 31.0 Å². The summed E-state index contributed by atoms with van der Waals surface area (Å²) in [6.07, 6.45) is -1.80. The Kier molecular flexibility index (Phi) is 9.00. The molecule has 3 amide bonds. The highest BCUT2D eigenvalue weighted by Gasteiger charge is 2.62. The van der Waals surface area contributed by atoms with E-state index < -0.39 is 78.0 Å². The smallest absolute Gasteiger partial charge is 0.408 e. The normalized spacial score (nSPS) is 21.9. The lowest BCUT2D eigenvalue weighted by Gasteiger charge is -2.30. The summed E-state index contributed by atoms with van der Waals surface area (Å²) < 4.78 is 10.1. The van der Waals surface area contributed by atoms with E-state index in [-0.39, 0.29) is 22.5 Å². The van der Waals surface area contributed by atoms with Crippen LogP contribution in [0.5, 0.6) is 0 Å². The molecule has 44 heavy (non-hydrogen) atoms. The summed E-state index contributed by atoms with van der Waals surface area (Å²) in [7, 11) is 0. The molecule has 2 aromatic rings. The summed E-state index contributed by atoms with van der Waals surface area (Å²) in [4.78, 5) is 89.1. The molecule has 2 aliphatic heterocycles. The molecule has 3 heterocycles. The fraction of sp³-hybridized carbons (Fsp3) is 0.360. The van der Waals surface area contributed by atoms with E-state index >= 15 is 0 Å². The van der Waals surface area contributed by atoms with E-state index in [0.29, 0.717) is 5.56 Å². The van der Waals surface area contributed by atoms with Crippen LogP contribution in [0.2, 0.25) is 0 Å². The molecule has 1 aromatic carbocycles. The van der Waals surface area contributed by atoms with Crippen molar-refractivity contribution in [2.24, 2.45) is 5.16 Å². The number of thiazole rings is 1. The van der Waals surface area contributed by atoms with Gasteiger partial charge in [-0.1, -0.05) is 35.5 Å². The standard InChI is InChI=1S/C25H26N6O12S/c1-24(2,20(35)36)43-30-16(15-11-44-22(26)28-15)17(32)27-14-10-41-31(18(14)33)25(21(37)38)8-13(19(34)42-25)29-23(39)40-9-12-6-4-3-5-7-12/h3-7,11,13-14H,8-10H2,1-2H3,(H2,26,28)(H,27,32)(H,29,39)(H,35,36)(H,37,38)/b30-16-/t13-,14+,25?/m1/s1. The molecule has 18 nitrogen and oxygen atoms in total. The Balaban J connectivity index is 1.45. The number of aliphatic carboxylic acids is 2. The number of carbonyl (C=O) groups excluding carboxylic acids is 4. The Bertz CT molecular complexity index is 1510. The number of rotatable bonds is 11. The van der Waals surface area contributed by atoms with Crippen LogP contribution in [0.25, 0.3) is 0 Å². The summed E-state index contributed by atoms with van der Waals surface area (Å²) in [6.45, 7) is 1.62. The van der Waals surface area contributed by atoms with E-state index in [9.17, 15) is 39.0 Å². The highest BCUT2D eigenvalue weighted by Crippen LogP contribution is 2.34. The molecular formula is C25H26N6O12S. The number of alkyl carbamates (subject to hydrolysis) is 1. The van der Waals surface area contributed by atoms with Crippen molar-refractivity contribution in [1.29, 1.82) is 0 Å². The number of carboxylic acid groups (broad SMARTS) is 2. The van der Waals surface area contributed by atoms with Crippen molar-refractivity contribution in [3.63, 3.8) is 0 Å². The molecule has 19 heteroatoms. The van der Waals surface area contributed by atoms with E-state index in [4.69, 9.17) is 24.9 Å². The highest BCUT2D eigenvalue weighted by molar-refractivity contribution is 7.13. The number of oxime groups is 1. The number of nitrogens with one attached hydrogen (secondary N) is 2. The summed E-state index contributed by atoms with van der Waals surface area (Å²) >= 11 is 0.941. The number of nitrogen functional groups attached to an aromatic ring is 1. The average Bonchev–Trinajstić information content (AvgIpc) is 3.65. The lowest BCUT2D eigenvalue weighted by molar-refractivity contribution is -0.256. The fourth-order valence-corrected chi connectivity index (χ4v) is 4.38. The monoisotopic (exact) mass is 634 g/mol. The topological polar surface area (TPSA) is 258 Å². The van der Waals surface area contributed by atoms with Crippen LogP contribution in [0.15, 0.2) is 40.9 Å². The van der Waals surface area contributed by atoms with Gasteiger partial charge in [0, 0.05) is 5.38 Å². The number of nitrogens with zero attached hydrogens (tertiary/aromatic N) is 3. The predicted octanol–water partition coefficient (Wildman–Crippen LogP) is -0.409. The Morgan fingerprint density at radius 1 is 1.18 bits per heavy atom. The number of carbonyl (C=O) groups is 6. The minimum absolute atomic E-state index is 0.0445. The van der Waals surface area contributed by atoms with Crippen molar-refractivity contribution in [2.45, 2.75) is 50.3 Å². The van der Waals surface area contributed by atoms with Crippen molar-refractivity contribution >= 4 is 58.0 Å². The maximum Gasteiger partial charge on any atom is 0.408 e. The summed E-state index contributed by atoms with van der Waals surface area (Å²) in [5.74, 6) is -6.56. The number of aromatic nitrogens is 1. The van der Waals surface area contributed by atoms with Crippen LogP contribution in [0.3, 0.4) is 0 Å². The first-order chi connectivity index (χ1) is 20.7. The van der Waals surface area contributed by atoms with Gasteiger partial charge in [0.05, 0.1) is 6.42 Å². The quantitative estimate of drug-likeness (QED) is 0.120. The second kappa shape index (κ2) is 12.5. The molecule has 0 saturated carbocycles. The van der Waals surface area contributed by atoms with Crippen molar-refractivity contribution in [2.75, 3.05) is 12.3 Å². The second-order valence-corrected chi connectivity index (χ2v) is 10.7. The van der Waals surface area contributed by atoms with Crippen LogP contribution in [-0.2, 0) is 49.7 Å². The molecular weight excluding hydrogens is 608 g/mol. The number of anilines is 1. The number of amides is 3. The van der Waals surface area contributed by atoms with Crippen LogP contribution in [-0.4, -0.2) is 91.8 Å². The molecule has 0 aliphatic carbocycles. The van der Waals surface area contributed by atoms with Gasteiger partial charge >= 0.3 is 29.7 Å². The maximum absolute atomic E-state index is 13.2. The lowest BCUT2D eigenvalue weighted by atomic mass is 10.1. The van der Waals surface area contributed by atoms with Crippen LogP contribution < -0.4 is 16.4 Å². The summed E-state index contributed by atoms with van der Waals surface area (Å²) in [5, 5.41) is 29.0. The largest absolute Gasteiger partial charge is 0.478 e. The number of nitrogens with two attached hydrogens (primary N) is 1. The number of hydrogen-bond acceptors (Lipinski definition) is 14. The molecule has 3 atom stereocenters. The fourth-order valence-electron chi connectivity index (χ4n) is 3.84. The van der Waals surface area contributed by atoms with Crippen LogP contribution in [0, 0.1) is 0 Å². The number of cyclic esters (lactones) is 1. The number of carboxylic acids is 2. The van der Waals surface area contributed by atoms with E-state index in [1.807, 2.05) is 0 Å². The van der Waals surface area contributed by atoms with E-state index in [0.717, 1.165) is 11.3 Å². The summed E-state index contributed by atoms with van der Waals surface area (Å²) in [5.41, 5.74) is 1.10. The Labute approximate surface area is 251 Å². The molecule has 0 spiro atoms. The van der Waals surface area contributed by atoms with Gasteiger partial charge in [-0.2, -0.15) is 5.06 Å². The number of benzene rings is 1. The Morgan fingerprint density at radius 3 is 2.50 bits per heavy atom. The third kappa shape index (κ3) is 6.68. The first kappa shape index (κ1) is 31.6. The van der Waals surface area contributed by atoms with Gasteiger partial charge in [-0.3, -0.25) is 14.4 Å². The Hall–Kier alpha value is -5.30. The predicted molar refractivity (Wildman–Crippen MR) is 145 cm³/mol. The molecule has 2 saturated heterocycles. The van der Waals surface area contributed by atoms with Crippen LogP contribution in [0.4, 0.5) is 9.93 Å².